The van der Waals surface area contributed by atoms with E-state index >= 15 is 0 Å². The van der Waals surface area contributed by atoms with Crippen molar-refractivity contribution < 1.29 is 9.53 Å². The number of rotatable bonds is 2. The Kier molecular flexibility index (Phi) is 3.04. The predicted molar refractivity (Wildman–Crippen MR) is 47.8 cm³/mol. The van der Waals surface area contributed by atoms with E-state index in [2.05, 4.69) is 9.58 Å². The third-order valence-corrected chi connectivity index (χ3v) is 1.67. The molecule has 0 saturated heterocycles. The Morgan fingerprint density at radius 2 is 2.08 bits per heavy atom. The van der Waals surface area contributed by atoms with E-state index in [0.717, 1.165) is 0 Å². The number of hydrogen-bond donors (Lipinski definition) is 0. The van der Waals surface area contributed by atoms with Crippen LogP contribution in [0, 0.1) is 6.57 Å². The number of methoxy groups -OCH3 is 1. The van der Waals surface area contributed by atoms with Crippen molar-refractivity contribution in [2.75, 3.05) is 7.11 Å². The topological polar surface area (TPSA) is 30.7 Å². The van der Waals surface area contributed by atoms with Crippen molar-refractivity contribution >= 4 is 5.97 Å². The summed E-state index contributed by atoms with van der Waals surface area (Å²) in [4.78, 5) is 14.3. The fourth-order valence-corrected chi connectivity index (χ4v) is 1.01. The van der Waals surface area contributed by atoms with Gasteiger partial charge in [-0.15, -0.1) is 0 Å². The van der Waals surface area contributed by atoms with E-state index < -0.39 is 12.0 Å². The van der Waals surface area contributed by atoms with E-state index in [1.54, 1.807) is 24.3 Å². The zero-order chi connectivity index (χ0) is 9.68. The van der Waals surface area contributed by atoms with Gasteiger partial charge in [-0.05, 0) is 0 Å². The average molecular weight is 175 g/mol. The standard InChI is InChI=1S/C10H9NO2/c1-11-9(10(12)13-2)8-6-4-3-5-7-8/h3-7,9H,2H3/t9-/m0/s1. The van der Waals surface area contributed by atoms with E-state index in [0.29, 0.717) is 5.56 Å². The molecule has 1 aromatic rings. The van der Waals surface area contributed by atoms with Gasteiger partial charge >= 0.3 is 12.0 Å². The van der Waals surface area contributed by atoms with E-state index in [-0.39, 0.29) is 0 Å². The first-order chi connectivity index (χ1) is 6.29. The van der Waals surface area contributed by atoms with Crippen LogP contribution >= 0.6 is 0 Å². The van der Waals surface area contributed by atoms with Crippen LogP contribution < -0.4 is 0 Å². The first-order valence-electron chi connectivity index (χ1n) is 3.79. The quantitative estimate of drug-likeness (QED) is 0.507. The number of carbonyl (C=O) groups is 1. The van der Waals surface area contributed by atoms with Crippen LogP contribution in [-0.2, 0) is 9.53 Å². The molecular formula is C10H9NO2. The summed E-state index contributed by atoms with van der Waals surface area (Å²) in [5, 5.41) is 0. The second-order valence-corrected chi connectivity index (χ2v) is 2.47. The Morgan fingerprint density at radius 1 is 1.46 bits per heavy atom. The lowest BCUT2D eigenvalue weighted by Gasteiger charge is -2.02. The molecule has 0 aliphatic rings. The highest BCUT2D eigenvalue weighted by atomic mass is 16.5. The Balaban J connectivity index is 2.93. The van der Waals surface area contributed by atoms with Crippen molar-refractivity contribution in [3.8, 4) is 0 Å². The summed E-state index contributed by atoms with van der Waals surface area (Å²) < 4.78 is 4.50. The highest BCUT2D eigenvalue weighted by Crippen LogP contribution is 2.17. The molecule has 0 bridgehead atoms. The molecule has 0 saturated carbocycles. The second-order valence-electron chi connectivity index (χ2n) is 2.47. The Morgan fingerprint density at radius 3 is 2.54 bits per heavy atom. The van der Waals surface area contributed by atoms with Gasteiger partial charge in [-0.1, -0.05) is 30.3 Å². The summed E-state index contributed by atoms with van der Waals surface area (Å²) in [6.45, 7) is 6.86. The first kappa shape index (κ1) is 9.27. The van der Waals surface area contributed by atoms with Gasteiger partial charge in [0.15, 0.2) is 0 Å². The van der Waals surface area contributed by atoms with Gasteiger partial charge in [0.05, 0.1) is 7.11 Å². The largest absolute Gasteiger partial charge is 0.463 e. The summed E-state index contributed by atoms with van der Waals surface area (Å²) in [6, 6.07) is 8.06. The minimum atomic E-state index is -0.828. The first-order valence-corrected chi connectivity index (χ1v) is 3.79. The summed E-state index contributed by atoms with van der Waals surface area (Å²) in [6.07, 6.45) is 0. The third kappa shape index (κ3) is 2.06. The van der Waals surface area contributed by atoms with Crippen LogP contribution in [0.4, 0.5) is 0 Å². The molecule has 13 heavy (non-hydrogen) atoms. The molecule has 3 heteroatoms. The third-order valence-electron chi connectivity index (χ3n) is 1.67. The number of benzene rings is 1. The number of esters is 1. The van der Waals surface area contributed by atoms with E-state index in [1.807, 2.05) is 6.07 Å². The molecule has 0 fully saturated rings. The predicted octanol–water partition coefficient (Wildman–Crippen LogP) is 1.82. The molecule has 0 amide bonds. The Labute approximate surface area is 76.8 Å². The zero-order valence-corrected chi connectivity index (χ0v) is 7.23. The van der Waals surface area contributed by atoms with Gasteiger partial charge in [-0.25, -0.2) is 11.4 Å². The van der Waals surface area contributed by atoms with Crippen LogP contribution in [0.3, 0.4) is 0 Å². The van der Waals surface area contributed by atoms with Gasteiger partial charge in [0, 0.05) is 5.56 Å². The summed E-state index contributed by atoms with van der Waals surface area (Å²) >= 11 is 0. The van der Waals surface area contributed by atoms with Crippen LogP contribution in [0.1, 0.15) is 11.6 Å². The van der Waals surface area contributed by atoms with E-state index in [1.165, 1.54) is 7.11 Å². The second kappa shape index (κ2) is 4.27. The van der Waals surface area contributed by atoms with Crippen LogP contribution in [-0.4, -0.2) is 13.1 Å². The van der Waals surface area contributed by atoms with Crippen molar-refractivity contribution in [1.29, 1.82) is 0 Å². The van der Waals surface area contributed by atoms with Crippen molar-refractivity contribution in [2.45, 2.75) is 6.04 Å². The molecule has 0 radical (unpaired) electrons. The molecule has 3 nitrogen and oxygen atoms in total. The van der Waals surface area contributed by atoms with Crippen LogP contribution in [0.2, 0.25) is 0 Å². The van der Waals surface area contributed by atoms with Gasteiger partial charge < -0.3 is 4.74 Å². The number of carbonyl (C=O) groups excluding carboxylic acids is 1. The monoisotopic (exact) mass is 175 g/mol. The molecule has 0 aliphatic heterocycles. The maximum absolute atomic E-state index is 11.1. The molecule has 0 aromatic heterocycles. The normalized spacial score (nSPS) is 11.4. The highest BCUT2D eigenvalue weighted by molar-refractivity contribution is 5.79. The van der Waals surface area contributed by atoms with Crippen LogP contribution in [0.5, 0.6) is 0 Å². The lowest BCUT2D eigenvalue weighted by atomic mass is 10.1. The number of hydrogen-bond acceptors (Lipinski definition) is 2. The molecule has 0 N–H and O–H groups in total. The lowest BCUT2D eigenvalue weighted by molar-refractivity contribution is -0.141. The number of nitrogens with zero attached hydrogens (tertiary/aromatic N) is 1. The fraction of sp³-hybridized carbons (Fsp3) is 0.200. The minimum Gasteiger partial charge on any atom is -0.463 e. The Bertz CT molecular complexity index is 327. The Hall–Kier alpha value is -1.82. The summed E-state index contributed by atoms with van der Waals surface area (Å²) in [5.41, 5.74) is 0.671. The van der Waals surface area contributed by atoms with Crippen LogP contribution in [0.25, 0.3) is 4.85 Å². The molecule has 1 aromatic carbocycles. The van der Waals surface area contributed by atoms with Crippen molar-refractivity contribution in [1.82, 2.24) is 0 Å². The van der Waals surface area contributed by atoms with Crippen molar-refractivity contribution in [2.24, 2.45) is 0 Å². The zero-order valence-electron chi connectivity index (χ0n) is 7.23. The van der Waals surface area contributed by atoms with Gasteiger partial charge in [-0.3, -0.25) is 4.85 Å². The van der Waals surface area contributed by atoms with Gasteiger partial charge in [0.2, 0.25) is 0 Å². The maximum atomic E-state index is 11.1. The van der Waals surface area contributed by atoms with Crippen molar-refractivity contribution in [3.63, 3.8) is 0 Å². The summed E-state index contributed by atoms with van der Waals surface area (Å²) in [5.74, 6) is -0.513. The smallest absolute Gasteiger partial charge is 0.395 e. The molecule has 0 heterocycles. The lowest BCUT2D eigenvalue weighted by Crippen LogP contribution is -2.10. The number of ether oxygens (including phenoxy) is 1. The average Bonchev–Trinajstić information content (AvgIpc) is 2.20. The molecular weight excluding hydrogens is 166 g/mol. The molecule has 1 rings (SSSR count). The van der Waals surface area contributed by atoms with Crippen molar-refractivity contribution in [3.05, 3.63) is 47.3 Å². The van der Waals surface area contributed by atoms with Gasteiger partial charge in [0.1, 0.15) is 0 Å². The molecule has 0 aliphatic carbocycles. The fourth-order valence-electron chi connectivity index (χ4n) is 1.01. The van der Waals surface area contributed by atoms with E-state index in [9.17, 15) is 4.79 Å². The molecule has 0 spiro atoms. The maximum Gasteiger partial charge on any atom is 0.395 e. The molecule has 0 unspecified atom stereocenters. The van der Waals surface area contributed by atoms with Crippen LogP contribution in [0.15, 0.2) is 30.3 Å². The molecule has 1 atom stereocenters. The molecule has 66 valence electrons. The summed E-state index contributed by atoms with van der Waals surface area (Å²) in [7, 11) is 1.28. The van der Waals surface area contributed by atoms with Gasteiger partial charge in [0.25, 0.3) is 0 Å². The SMILES string of the molecule is [C-]#[N+][C@H](C(=O)OC)c1ccccc1. The van der Waals surface area contributed by atoms with Gasteiger partial charge in [-0.2, -0.15) is 0 Å². The minimum absolute atomic E-state index is 0.513. The highest BCUT2D eigenvalue weighted by Gasteiger charge is 2.25. The van der Waals surface area contributed by atoms with E-state index in [4.69, 9.17) is 6.57 Å².